The van der Waals surface area contributed by atoms with E-state index in [0.29, 0.717) is 11.7 Å². The number of hydrogen-bond acceptors (Lipinski definition) is 7. The molecule has 7 heteroatoms. The van der Waals surface area contributed by atoms with Gasteiger partial charge in [-0.15, -0.1) is 11.3 Å². The first-order chi connectivity index (χ1) is 9.24. The van der Waals surface area contributed by atoms with Crippen molar-refractivity contribution in [3.8, 4) is 5.88 Å². The summed E-state index contributed by atoms with van der Waals surface area (Å²) in [5.41, 5.74) is 9.33. The molecule has 19 heavy (non-hydrogen) atoms. The number of anilines is 3. The lowest BCUT2D eigenvalue weighted by Gasteiger charge is -2.07. The smallest absolute Gasteiger partial charge is 0.225 e. The van der Waals surface area contributed by atoms with Gasteiger partial charge in [-0.1, -0.05) is 0 Å². The van der Waals surface area contributed by atoms with Gasteiger partial charge in [-0.05, 0) is 18.2 Å². The monoisotopic (exact) mass is 273 g/mol. The molecule has 0 amide bonds. The fourth-order valence-electron chi connectivity index (χ4n) is 1.69. The van der Waals surface area contributed by atoms with Crippen molar-refractivity contribution in [2.75, 3.05) is 18.2 Å². The van der Waals surface area contributed by atoms with Gasteiger partial charge in [-0.2, -0.15) is 9.97 Å². The molecule has 0 aliphatic heterocycles. The first-order valence-corrected chi connectivity index (χ1v) is 6.41. The highest BCUT2D eigenvalue weighted by Gasteiger charge is 2.04. The molecule has 3 rings (SSSR count). The molecule has 3 aromatic rings. The quantitative estimate of drug-likeness (QED) is 0.762. The predicted molar refractivity (Wildman–Crippen MR) is 75.9 cm³/mol. The molecule has 0 aliphatic rings. The number of nitrogens with zero attached hydrogens (tertiary/aromatic N) is 3. The van der Waals surface area contributed by atoms with E-state index in [1.165, 1.54) is 7.11 Å². The number of nitrogens with two attached hydrogens (primary N) is 1. The highest BCUT2D eigenvalue weighted by Crippen LogP contribution is 2.24. The molecule has 0 fully saturated rings. The van der Waals surface area contributed by atoms with Crippen molar-refractivity contribution in [2.45, 2.75) is 0 Å². The van der Waals surface area contributed by atoms with E-state index < -0.39 is 0 Å². The second kappa shape index (κ2) is 4.69. The number of benzene rings is 1. The van der Waals surface area contributed by atoms with E-state index >= 15 is 0 Å². The number of hydrogen-bond donors (Lipinski definition) is 2. The molecule has 96 valence electrons. The maximum absolute atomic E-state index is 5.61. The zero-order valence-electron chi connectivity index (χ0n) is 10.1. The Bertz CT molecular complexity index is 727. The minimum atomic E-state index is 0.167. The first kappa shape index (κ1) is 11.7. The summed E-state index contributed by atoms with van der Waals surface area (Å²) in [6.07, 6.45) is 0. The molecule has 6 nitrogen and oxygen atoms in total. The van der Waals surface area contributed by atoms with Crippen LogP contribution in [0.4, 0.5) is 17.5 Å². The summed E-state index contributed by atoms with van der Waals surface area (Å²) in [7, 11) is 1.54. The fraction of sp³-hybridized carbons (Fsp3) is 0.0833. The van der Waals surface area contributed by atoms with E-state index in [-0.39, 0.29) is 5.95 Å². The fourth-order valence-corrected chi connectivity index (χ4v) is 2.41. The number of fused-ring (bicyclic) bond motifs is 1. The van der Waals surface area contributed by atoms with E-state index in [1.807, 2.05) is 23.7 Å². The molecular weight excluding hydrogens is 262 g/mol. The Kier molecular flexibility index (Phi) is 2.88. The maximum Gasteiger partial charge on any atom is 0.225 e. The number of nitrogens with one attached hydrogen (secondary N) is 1. The van der Waals surface area contributed by atoms with Crippen LogP contribution in [0.15, 0.2) is 29.8 Å². The zero-order valence-corrected chi connectivity index (χ0v) is 10.9. The summed E-state index contributed by atoms with van der Waals surface area (Å²) in [6, 6.07) is 7.59. The third-order valence-corrected chi connectivity index (χ3v) is 3.32. The lowest BCUT2D eigenvalue weighted by molar-refractivity contribution is 0.398. The van der Waals surface area contributed by atoms with Crippen molar-refractivity contribution in [3.05, 3.63) is 29.8 Å². The van der Waals surface area contributed by atoms with Crippen LogP contribution in [0.5, 0.6) is 5.88 Å². The third kappa shape index (κ3) is 2.41. The van der Waals surface area contributed by atoms with Gasteiger partial charge in [-0.25, -0.2) is 4.98 Å². The molecule has 3 N–H and O–H groups in total. The van der Waals surface area contributed by atoms with Crippen LogP contribution in [0.3, 0.4) is 0 Å². The van der Waals surface area contributed by atoms with Gasteiger partial charge in [0.2, 0.25) is 11.8 Å². The van der Waals surface area contributed by atoms with Crippen LogP contribution in [-0.2, 0) is 0 Å². The summed E-state index contributed by atoms with van der Waals surface area (Å²) in [4.78, 5) is 12.3. The average Bonchev–Trinajstić information content (AvgIpc) is 2.85. The van der Waals surface area contributed by atoms with Gasteiger partial charge in [0.15, 0.2) is 0 Å². The van der Waals surface area contributed by atoms with Crippen molar-refractivity contribution in [1.29, 1.82) is 0 Å². The third-order valence-electron chi connectivity index (χ3n) is 2.53. The number of aromatic nitrogens is 3. The Hall–Kier alpha value is -2.41. The number of rotatable bonds is 3. The van der Waals surface area contributed by atoms with Gasteiger partial charge in [0, 0.05) is 11.8 Å². The molecule has 0 spiro atoms. The lowest BCUT2D eigenvalue weighted by Crippen LogP contribution is -2.01. The van der Waals surface area contributed by atoms with E-state index in [0.717, 1.165) is 15.9 Å². The Morgan fingerprint density at radius 1 is 1.26 bits per heavy atom. The van der Waals surface area contributed by atoms with Crippen LogP contribution < -0.4 is 15.8 Å². The van der Waals surface area contributed by atoms with Gasteiger partial charge in [0.1, 0.15) is 5.82 Å². The molecule has 0 bridgehead atoms. The highest BCUT2D eigenvalue weighted by atomic mass is 32.1. The Balaban J connectivity index is 1.93. The van der Waals surface area contributed by atoms with E-state index in [9.17, 15) is 0 Å². The van der Waals surface area contributed by atoms with E-state index in [2.05, 4.69) is 20.3 Å². The topological polar surface area (TPSA) is 86.0 Å². The van der Waals surface area contributed by atoms with Gasteiger partial charge >= 0.3 is 0 Å². The molecule has 0 unspecified atom stereocenters. The molecule has 0 aliphatic carbocycles. The summed E-state index contributed by atoms with van der Waals surface area (Å²) in [6.45, 7) is 0. The molecular formula is C12H11N5OS. The minimum absolute atomic E-state index is 0.167. The maximum atomic E-state index is 5.61. The van der Waals surface area contributed by atoms with Crippen LogP contribution in [0.1, 0.15) is 0 Å². The Morgan fingerprint density at radius 3 is 3.00 bits per heavy atom. The molecule has 1 aromatic carbocycles. The number of methoxy groups -OCH3 is 1. The Labute approximate surface area is 113 Å². The van der Waals surface area contributed by atoms with Gasteiger partial charge in [0.05, 0.1) is 22.8 Å². The van der Waals surface area contributed by atoms with Crippen LogP contribution in [0, 0.1) is 0 Å². The van der Waals surface area contributed by atoms with E-state index in [4.69, 9.17) is 10.5 Å². The summed E-state index contributed by atoms with van der Waals surface area (Å²) < 4.78 is 6.16. The van der Waals surface area contributed by atoms with Crippen LogP contribution in [0.2, 0.25) is 0 Å². The molecule has 0 saturated heterocycles. The van der Waals surface area contributed by atoms with Crippen molar-refractivity contribution in [3.63, 3.8) is 0 Å². The number of ether oxygens (including phenoxy) is 1. The molecule has 0 saturated carbocycles. The summed E-state index contributed by atoms with van der Waals surface area (Å²) in [5.74, 6) is 1.18. The van der Waals surface area contributed by atoms with Gasteiger partial charge in [-0.3, -0.25) is 0 Å². The molecule has 2 heterocycles. The number of thiazole rings is 1. The minimum Gasteiger partial charge on any atom is -0.481 e. The molecule has 2 aromatic heterocycles. The van der Waals surface area contributed by atoms with Crippen molar-refractivity contribution >= 4 is 39.0 Å². The van der Waals surface area contributed by atoms with Crippen molar-refractivity contribution in [1.82, 2.24) is 15.0 Å². The standard InChI is InChI=1S/C12H11N5OS/c1-18-11-5-10(16-12(13)17-11)15-7-2-3-8-9(4-7)19-6-14-8/h2-6H,1H3,(H3,13,15,16,17). The van der Waals surface area contributed by atoms with Crippen LogP contribution >= 0.6 is 11.3 Å². The molecule has 0 radical (unpaired) electrons. The largest absolute Gasteiger partial charge is 0.481 e. The first-order valence-electron chi connectivity index (χ1n) is 5.53. The summed E-state index contributed by atoms with van der Waals surface area (Å²) >= 11 is 1.59. The lowest BCUT2D eigenvalue weighted by atomic mass is 10.3. The second-order valence-corrected chi connectivity index (χ2v) is 4.70. The predicted octanol–water partition coefficient (Wildman–Crippen LogP) is 2.42. The molecule has 0 atom stereocenters. The van der Waals surface area contributed by atoms with Crippen LogP contribution in [-0.4, -0.2) is 22.1 Å². The van der Waals surface area contributed by atoms with Crippen LogP contribution in [0.25, 0.3) is 10.2 Å². The second-order valence-electron chi connectivity index (χ2n) is 3.81. The van der Waals surface area contributed by atoms with E-state index in [1.54, 1.807) is 17.4 Å². The normalized spacial score (nSPS) is 10.6. The SMILES string of the molecule is COc1cc(Nc2ccc3ncsc3c2)nc(N)n1. The number of nitrogen functional groups attached to an aromatic ring is 1. The highest BCUT2D eigenvalue weighted by molar-refractivity contribution is 7.16. The van der Waals surface area contributed by atoms with Crippen molar-refractivity contribution in [2.24, 2.45) is 0 Å². The zero-order chi connectivity index (χ0) is 13.2. The average molecular weight is 273 g/mol. The van der Waals surface area contributed by atoms with Gasteiger partial charge < -0.3 is 15.8 Å². The van der Waals surface area contributed by atoms with Gasteiger partial charge in [0.25, 0.3) is 0 Å². The van der Waals surface area contributed by atoms with Crippen molar-refractivity contribution < 1.29 is 4.74 Å². The summed E-state index contributed by atoms with van der Waals surface area (Å²) in [5, 5.41) is 3.17. The Morgan fingerprint density at radius 2 is 2.16 bits per heavy atom.